The highest BCUT2D eigenvalue weighted by molar-refractivity contribution is 5.96. The number of amides is 1. The molecule has 2 aromatic carbocycles. The summed E-state index contributed by atoms with van der Waals surface area (Å²) in [6.07, 6.45) is 2.37. The van der Waals surface area contributed by atoms with Gasteiger partial charge in [0.1, 0.15) is 0 Å². The minimum Gasteiger partial charge on any atom is -0.493 e. The van der Waals surface area contributed by atoms with Crippen molar-refractivity contribution in [2.24, 2.45) is 0 Å². The van der Waals surface area contributed by atoms with Gasteiger partial charge in [-0.15, -0.1) is 0 Å². The summed E-state index contributed by atoms with van der Waals surface area (Å²) >= 11 is 0. The third kappa shape index (κ3) is 7.35. The molecular formula is C25H30N2O7. The Bertz CT molecular complexity index is 1020. The molecule has 1 unspecified atom stereocenters. The standard InChI is InChI=1S/C21H26N2O3.C4H4O4/c1-22(2)17-11-16-12-19(25-3)20(26-4)13-18(16)23(14-17)21(24)10-15-8-6-5-7-9-15;5-3(6)1-2-4(7)8/h5-9,12-13,17H,10-11,14H2,1-4H3;1-2H,(H,5,6)(H,7,8)/b;2-1-. The van der Waals surface area contributed by atoms with Crippen LogP contribution in [-0.4, -0.2) is 73.9 Å². The van der Waals surface area contributed by atoms with E-state index in [1.54, 1.807) is 14.2 Å². The number of carboxylic acid groups (broad SMARTS) is 2. The van der Waals surface area contributed by atoms with Crippen molar-refractivity contribution in [3.63, 3.8) is 0 Å². The van der Waals surface area contributed by atoms with E-state index in [0.717, 1.165) is 23.2 Å². The largest absolute Gasteiger partial charge is 0.493 e. The lowest BCUT2D eigenvalue weighted by atomic mass is 9.95. The Morgan fingerprint density at radius 2 is 1.56 bits per heavy atom. The average Bonchev–Trinajstić information content (AvgIpc) is 2.81. The van der Waals surface area contributed by atoms with Crippen molar-refractivity contribution < 1.29 is 34.1 Å². The Hall–Kier alpha value is -3.85. The number of benzene rings is 2. The molecule has 0 bridgehead atoms. The second-order valence-corrected chi connectivity index (χ2v) is 7.83. The Labute approximate surface area is 198 Å². The first-order chi connectivity index (χ1) is 16.2. The minimum absolute atomic E-state index is 0.0937. The molecule has 0 aliphatic carbocycles. The summed E-state index contributed by atoms with van der Waals surface area (Å²) in [4.78, 5) is 36.3. The molecule has 182 valence electrons. The molecule has 9 nitrogen and oxygen atoms in total. The summed E-state index contributed by atoms with van der Waals surface area (Å²) in [6, 6.07) is 14.0. The molecule has 2 aromatic rings. The molecule has 0 fully saturated rings. The summed E-state index contributed by atoms with van der Waals surface area (Å²) in [5.74, 6) is -1.08. The van der Waals surface area contributed by atoms with Crippen LogP contribution in [0.1, 0.15) is 11.1 Å². The summed E-state index contributed by atoms with van der Waals surface area (Å²) in [7, 11) is 7.35. The summed E-state index contributed by atoms with van der Waals surface area (Å²) in [5, 5.41) is 15.6. The summed E-state index contributed by atoms with van der Waals surface area (Å²) in [5.41, 5.74) is 3.04. The topological polar surface area (TPSA) is 117 Å². The summed E-state index contributed by atoms with van der Waals surface area (Å²) < 4.78 is 10.9. The highest BCUT2D eigenvalue weighted by Crippen LogP contribution is 2.38. The van der Waals surface area contributed by atoms with E-state index in [-0.39, 0.29) is 11.9 Å². The van der Waals surface area contributed by atoms with Crippen molar-refractivity contribution in [2.45, 2.75) is 18.9 Å². The van der Waals surface area contributed by atoms with Crippen molar-refractivity contribution in [1.29, 1.82) is 0 Å². The van der Waals surface area contributed by atoms with E-state index in [1.807, 2.05) is 47.4 Å². The molecule has 9 heteroatoms. The quantitative estimate of drug-likeness (QED) is 0.593. The molecule has 1 aliphatic heterocycles. The zero-order chi connectivity index (χ0) is 25.3. The van der Waals surface area contributed by atoms with E-state index in [2.05, 4.69) is 19.0 Å². The van der Waals surface area contributed by atoms with Gasteiger partial charge in [-0.3, -0.25) is 4.79 Å². The lowest BCUT2D eigenvalue weighted by molar-refractivity contribution is -0.134. The number of ether oxygens (including phenoxy) is 2. The zero-order valence-corrected chi connectivity index (χ0v) is 19.7. The molecule has 1 atom stereocenters. The maximum atomic E-state index is 13.1. The molecule has 0 aromatic heterocycles. The zero-order valence-electron chi connectivity index (χ0n) is 19.7. The number of carbonyl (C=O) groups is 3. The molecule has 2 N–H and O–H groups in total. The van der Waals surface area contributed by atoms with Crippen molar-refractivity contribution in [1.82, 2.24) is 4.90 Å². The van der Waals surface area contributed by atoms with E-state index in [4.69, 9.17) is 19.7 Å². The van der Waals surface area contributed by atoms with Gasteiger partial charge in [0.25, 0.3) is 0 Å². The van der Waals surface area contributed by atoms with E-state index < -0.39 is 11.9 Å². The number of carboxylic acids is 2. The number of hydrogen-bond donors (Lipinski definition) is 2. The first-order valence-corrected chi connectivity index (χ1v) is 10.6. The third-order valence-electron chi connectivity index (χ3n) is 5.32. The fourth-order valence-electron chi connectivity index (χ4n) is 3.54. The van der Waals surface area contributed by atoms with E-state index in [0.29, 0.717) is 36.6 Å². The van der Waals surface area contributed by atoms with Gasteiger partial charge in [0.2, 0.25) is 5.91 Å². The number of carbonyl (C=O) groups excluding carboxylic acids is 1. The number of aliphatic carboxylic acids is 2. The van der Waals surface area contributed by atoms with Gasteiger partial charge in [-0.05, 0) is 37.7 Å². The molecule has 0 spiro atoms. The van der Waals surface area contributed by atoms with Gasteiger partial charge < -0.3 is 29.5 Å². The van der Waals surface area contributed by atoms with Crippen LogP contribution in [-0.2, 0) is 27.2 Å². The average molecular weight is 471 g/mol. The third-order valence-corrected chi connectivity index (χ3v) is 5.32. The van der Waals surface area contributed by atoms with E-state index in [1.165, 1.54) is 0 Å². The van der Waals surface area contributed by atoms with Crippen LogP contribution in [0.3, 0.4) is 0 Å². The molecular weight excluding hydrogens is 440 g/mol. The molecule has 0 radical (unpaired) electrons. The van der Waals surface area contributed by atoms with Gasteiger partial charge in [-0.2, -0.15) is 0 Å². The van der Waals surface area contributed by atoms with Gasteiger partial charge in [-0.25, -0.2) is 9.59 Å². The van der Waals surface area contributed by atoms with Crippen LogP contribution in [0.25, 0.3) is 0 Å². The van der Waals surface area contributed by atoms with Crippen LogP contribution in [0.2, 0.25) is 0 Å². The van der Waals surface area contributed by atoms with Gasteiger partial charge >= 0.3 is 11.9 Å². The van der Waals surface area contributed by atoms with E-state index in [9.17, 15) is 14.4 Å². The maximum Gasteiger partial charge on any atom is 0.328 e. The lowest BCUT2D eigenvalue weighted by Gasteiger charge is -2.38. The number of hydrogen-bond acceptors (Lipinski definition) is 6. The SMILES string of the molecule is COc1cc2c(cc1OC)N(C(=O)Cc1ccccc1)CC(N(C)C)C2.O=C(O)/C=C\C(=O)O. The number of anilines is 1. The van der Waals surface area contributed by atoms with Gasteiger partial charge in [-0.1, -0.05) is 30.3 Å². The summed E-state index contributed by atoms with van der Waals surface area (Å²) in [6.45, 7) is 0.668. The molecule has 1 amide bonds. The molecule has 0 saturated carbocycles. The Kier molecular flexibility index (Phi) is 9.63. The van der Waals surface area contributed by atoms with Crippen LogP contribution in [0.5, 0.6) is 11.5 Å². The number of methoxy groups -OCH3 is 2. The van der Waals surface area contributed by atoms with Gasteiger partial charge in [0.05, 0.1) is 26.3 Å². The predicted octanol–water partition coefficient (Wildman–Crippen LogP) is 2.48. The molecule has 34 heavy (non-hydrogen) atoms. The van der Waals surface area contributed by atoms with Crippen molar-refractivity contribution in [3.05, 3.63) is 65.7 Å². The van der Waals surface area contributed by atoms with Gasteiger partial charge in [0, 0.05) is 30.8 Å². The van der Waals surface area contributed by atoms with E-state index >= 15 is 0 Å². The van der Waals surface area contributed by atoms with Crippen molar-refractivity contribution >= 4 is 23.5 Å². The van der Waals surface area contributed by atoms with Crippen LogP contribution in [0.4, 0.5) is 5.69 Å². The van der Waals surface area contributed by atoms with Crippen LogP contribution in [0, 0.1) is 0 Å². The first kappa shape index (κ1) is 26.4. The number of fused-ring (bicyclic) bond motifs is 1. The van der Waals surface area contributed by atoms with Crippen LogP contribution in [0.15, 0.2) is 54.6 Å². The normalized spacial score (nSPS) is 14.7. The van der Waals surface area contributed by atoms with Crippen LogP contribution < -0.4 is 14.4 Å². The Morgan fingerprint density at radius 1 is 1.00 bits per heavy atom. The first-order valence-electron chi connectivity index (χ1n) is 10.6. The monoisotopic (exact) mass is 470 g/mol. The van der Waals surface area contributed by atoms with Crippen LogP contribution >= 0.6 is 0 Å². The predicted molar refractivity (Wildman–Crippen MR) is 128 cm³/mol. The molecule has 1 heterocycles. The Balaban J connectivity index is 0.000000440. The highest BCUT2D eigenvalue weighted by Gasteiger charge is 2.31. The second-order valence-electron chi connectivity index (χ2n) is 7.83. The van der Waals surface area contributed by atoms with Crippen molar-refractivity contribution in [3.8, 4) is 11.5 Å². The van der Waals surface area contributed by atoms with Gasteiger partial charge in [0.15, 0.2) is 11.5 Å². The number of rotatable bonds is 7. The maximum absolute atomic E-state index is 13.1. The minimum atomic E-state index is -1.26. The number of likely N-dealkylation sites (N-methyl/N-ethyl adjacent to an activating group) is 1. The molecule has 1 aliphatic rings. The Morgan fingerprint density at radius 3 is 2.06 bits per heavy atom. The fourth-order valence-corrected chi connectivity index (χ4v) is 3.54. The number of nitrogens with zero attached hydrogens (tertiary/aromatic N) is 2. The molecule has 3 rings (SSSR count). The smallest absolute Gasteiger partial charge is 0.328 e. The fraction of sp³-hybridized carbons (Fsp3) is 0.320. The lowest BCUT2D eigenvalue weighted by Crippen LogP contribution is -2.48. The second kappa shape index (κ2) is 12.4. The highest BCUT2D eigenvalue weighted by atomic mass is 16.5. The molecule has 0 saturated heterocycles. The van der Waals surface area contributed by atoms with Crippen molar-refractivity contribution in [2.75, 3.05) is 39.8 Å².